The number of para-hydroxylation sites is 1. The molecule has 0 aliphatic carbocycles. The standard InChI is InChI=1S/C17H21N3O4S/c1-3-20(14-7-5-4-6-8-14)12-17(21)19-13-9-10-15(24-2)16(11-13)25(18,22)23/h4-11H,3,12H2,1-2H3,(H,19,21)(H2,18,22,23). The van der Waals surface area contributed by atoms with E-state index in [0.717, 1.165) is 5.69 Å². The number of methoxy groups -OCH3 is 1. The Morgan fingerprint density at radius 3 is 2.44 bits per heavy atom. The molecule has 25 heavy (non-hydrogen) atoms. The molecule has 0 aliphatic rings. The summed E-state index contributed by atoms with van der Waals surface area (Å²) >= 11 is 0. The van der Waals surface area contributed by atoms with E-state index in [4.69, 9.17) is 9.88 Å². The maximum atomic E-state index is 12.3. The van der Waals surface area contributed by atoms with Crippen LogP contribution in [0.4, 0.5) is 11.4 Å². The van der Waals surface area contributed by atoms with Gasteiger partial charge in [-0.25, -0.2) is 13.6 Å². The number of anilines is 2. The number of nitrogens with zero attached hydrogens (tertiary/aromatic N) is 1. The van der Waals surface area contributed by atoms with E-state index in [-0.39, 0.29) is 23.1 Å². The van der Waals surface area contributed by atoms with Gasteiger partial charge in [0.05, 0.1) is 13.7 Å². The number of sulfonamides is 1. The Morgan fingerprint density at radius 1 is 1.20 bits per heavy atom. The lowest BCUT2D eigenvalue weighted by Gasteiger charge is -2.22. The average molecular weight is 363 g/mol. The minimum absolute atomic E-state index is 0.125. The molecule has 7 nitrogen and oxygen atoms in total. The molecule has 0 unspecified atom stereocenters. The van der Waals surface area contributed by atoms with Crippen LogP contribution >= 0.6 is 0 Å². The maximum Gasteiger partial charge on any atom is 0.243 e. The first-order valence-corrected chi connectivity index (χ1v) is 9.20. The van der Waals surface area contributed by atoms with Gasteiger partial charge in [-0.2, -0.15) is 0 Å². The molecule has 0 aliphatic heterocycles. The molecule has 0 fully saturated rings. The van der Waals surface area contributed by atoms with Crippen molar-refractivity contribution in [2.24, 2.45) is 5.14 Å². The van der Waals surface area contributed by atoms with Crippen LogP contribution in [-0.4, -0.2) is 34.5 Å². The number of hydrogen-bond donors (Lipinski definition) is 2. The smallest absolute Gasteiger partial charge is 0.243 e. The number of nitrogens with two attached hydrogens (primary N) is 1. The quantitative estimate of drug-likeness (QED) is 0.781. The largest absolute Gasteiger partial charge is 0.495 e. The Hall–Kier alpha value is -2.58. The third kappa shape index (κ3) is 4.94. The lowest BCUT2D eigenvalue weighted by molar-refractivity contribution is -0.115. The molecule has 0 saturated heterocycles. The Kier molecular flexibility index (Phi) is 6.00. The van der Waals surface area contributed by atoms with E-state index in [1.807, 2.05) is 42.2 Å². The summed E-state index contributed by atoms with van der Waals surface area (Å²) < 4.78 is 28.3. The molecule has 134 valence electrons. The van der Waals surface area contributed by atoms with Gasteiger partial charge in [0.15, 0.2) is 0 Å². The van der Waals surface area contributed by atoms with Crippen molar-refractivity contribution in [3.8, 4) is 5.75 Å². The topological polar surface area (TPSA) is 102 Å². The van der Waals surface area contributed by atoms with Crippen LogP contribution in [-0.2, 0) is 14.8 Å². The second-order valence-corrected chi connectivity index (χ2v) is 6.84. The van der Waals surface area contributed by atoms with Gasteiger partial charge in [0.25, 0.3) is 0 Å². The molecule has 0 saturated carbocycles. The highest BCUT2D eigenvalue weighted by Crippen LogP contribution is 2.26. The normalized spacial score (nSPS) is 11.0. The van der Waals surface area contributed by atoms with Gasteiger partial charge in [-0.15, -0.1) is 0 Å². The Balaban J connectivity index is 2.15. The summed E-state index contributed by atoms with van der Waals surface area (Å²) in [5.41, 5.74) is 1.26. The van der Waals surface area contributed by atoms with Crippen molar-refractivity contribution >= 4 is 27.3 Å². The van der Waals surface area contributed by atoms with E-state index >= 15 is 0 Å². The number of hydrogen-bond acceptors (Lipinski definition) is 5. The van der Waals surface area contributed by atoms with Gasteiger partial charge >= 0.3 is 0 Å². The number of amides is 1. The van der Waals surface area contributed by atoms with E-state index < -0.39 is 10.0 Å². The van der Waals surface area contributed by atoms with Gasteiger partial charge < -0.3 is 15.0 Å². The molecule has 0 heterocycles. The number of rotatable bonds is 7. The Morgan fingerprint density at radius 2 is 1.88 bits per heavy atom. The number of benzene rings is 2. The van der Waals surface area contributed by atoms with E-state index in [0.29, 0.717) is 12.2 Å². The van der Waals surface area contributed by atoms with Gasteiger partial charge in [-0.05, 0) is 37.3 Å². The first-order chi connectivity index (χ1) is 11.8. The molecular weight excluding hydrogens is 342 g/mol. The van der Waals surface area contributed by atoms with E-state index in [1.165, 1.54) is 19.2 Å². The van der Waals surface area contributed by atoms with Crippen LogP contribution in [0.1, 0.15) is 6.92 Å². The second kappa shape index (κ2) is 8.00. The lowest BCUT2D eigenvalue weighted by Crippen LogP contribution is -2.33. The third-order valence-corrected chi connectivity index (χ3v) is 4.52. The molecule has 3 N–H and O–H groups in total. The van der Waals surface area contributed by atoms with E-state index in [9.17, 15) is 13.2 Å². The molecule has 2 aromatic carbocycles. The van der Waals surface area contributed by atoms with Crippen LogP contribution < -0.4 is 20.1 Å². The molecule has 0 spiro atoms. The highest BCUT2D eigenvalue weighted by atomic mass is 32.2. The Labute approximate surface area is 147 Å². The van der Waals surface area contributed by atoms with Crippen LogP contribution in [0.2, 0.25) is 0 Å². The van der Waals surface area contributed by atoms with Gasteiger partial charge in [-0.3, -0.25) is 4.79 Å². The summed E-state index contributed by atoms with van der Waals surface area (Å²) in [5, 5.41) is 7.87. The molecule has 0 bridgehead atoms. The minimum Gasteiger partial charge on any atom is -0.495 e. The maximum absolute atomic E-state index is 12.3. The number of carbonyl (C=O) groups is 1. The predicted molar refractivity (Wildman–Crippen MR) is 97.3 cm³/mol. The monoisotopic (exact) mass is 363 g/mol. The SMILES string of the molecule is CCN(CC(=O)Nc1ccc(OC)c(S(N)(=O)=O)c1)c1ccccc1. The number of ether oxygens (including phenoxy) is 1. The van der Waals surface area contributed by atoms with Gasteiger partial charge in [0.2, 0.25) is 15.9 Å². The minimum atomic E-state index is -3.96. The van der Waals surface area contributed by atoms with Crippen molar-refractivity contribution in [1.82, 2.24) is 0 Å². The molecule has 0 aromatic heterocycles. The van der Waals surface area contributed by atoms with Crippen molar-refractivity contribution < 1.29 is 17.9 Å². The summed E-state index contributed by atoms with van der Waals surface area (Å²) in [6.07, 6.45) is 0. The fraction of sp³-hybridized carbons (Fsp3) is 0.235. The fourth-order valence-electron chi connectivity index (χ4n) is 2.38. The first kappa shape index (κ1) is 18.8. The first-order valence-electron chi connectivity index (χ1n) is 7.66. The van der Waals surface area contributed by atoms with Crippen LogP contribution in [0.3, 0.4) is 0 Å². The van der Waals surface area contributed by atoms with Crippen molar-refractivity contribution in [3.63, 3.8) is 0 Å². The van der Waals surface area contributed by atoms with Gasteiger partial charge in [0, 0.05) is 17.9 Å². The number of nitrogens with one attached hydrogen (secondary N) is 1. The second-order valence-electron chi connectivity index (χ2n) is 5.31. The zero-order valence-electron chi connectivity index (χ0n) is 14.1. The molecule has 0 radical (unpaired) electrons. The fourth-order valence-corrected chi connectivity index (χ4v) is 3.10. The summed E-state index contributed by atoms with van der Waals surface area (Å²) in [6, 6.07) is 13.8. The van der Waals surface area contributed by atoms with Crippen LogP contribution in [0, 0.1) is 0 Å². The summed E-state index contributed by atoms with van der Waals surface area (Å²) in [4.78, 5) is 14.0. The lowest BCUT2D eigenvalue weighted by atomic mass is 10.2. The molecular formula is C17H21N3O4S. The molecule has 8 heteroatoms. The van der Waals surface area contributed by atoms with Gasteiger partial charge in [0.1, 0.15) is 10.6 Å². The zero-order chi connectivity index (χ0) is 18.4. The Bertz CT molecular complexity index is 838. The number of primary sulfonamides is 1. The number of likely N-dealkylation sites (N-methyl/N-ethyl adjacent to an activating group) is 1. The van der Waals surface area contributed by atoms with Crippen molar-refractivity contribution in [1.29, 1.82) is 0 Å². The summed E-state index contributed by atoms with van der Waals surface area (Å²) in [7, 11) is -2.61. The molecule has 2 rings (SSSR count). The zero-order valence-corrected chi connectivity index (χ0v) is 14.9. The van der Waals surface area contributed by atoms with E-state index in [2.05, 4.69) is 5.32 Å². The predicted octanol–water partition coefficient (Wildman–Crippen LogP) is 1.81. The van der Waals surface area contributed by atoms with Crippen molar-refractivity contribution in [3.05, 3.63) is 48.5 Å². The van der Waals surface area contributed by atoms with Gasteiger partial charge in [-0.1, -0.05) is 18.2 Å². The molecule has 2 aromatic rings. The molecule has 0 atom stereocenters. The third-order valence-electron chi connectivity index (χ3n) is 3.59. The van der Waals surface area contributed by atoms with E-state index in [1.54, 1.807) is 6.07 Å². The highest BCUT2D eigenvalue weighted by molar-refractivity contribution is 7.89. The average Bonchev–Trinajstić information content (AvgIpc) is 2.59. The van der Waals surface area contributed by atoms with Crippen molar-refractivity contribution in [2.75, 3.05) is 30.4 Å². The van der Waals surface area contributed by atoms with Crippen LogP contribution in [0.15, 0.2) is 53.4 Å². The molecule has 1 amide bonds. The number of carbonyl (C=O) groups excluding carboxylic acids is 1. The van der Waals surface area contributed by atoms with Crippen LogP contribution in [0.5, 0.6) is 5.75 Å². The van der Waals surface area contributed by atoms with Crippen LogP contribution in [0.25, 0.3) is 0 Å². The highest BCUT2D eigenvalue weighted by Gasteiger charge is 2.17. The summed E-state index contributed by atoms with van der Waals surface area (Å²) in [6.45, 7) is 2.74. The summed E-state index contributed by atoms with van der Waals surface area (Å²) in [5.74, 6) is -0.142. The van der Waals surface area contributed by atoms with Crippen molar-refractivity contribution in [2.45, 2.75) is 11.8 Å².